The highest BCUT2D eigenvalue weighted by Gasteiger charge is 2.21. The number of hydrogen-bond donors (Lipinski definition) is 2. The second kappa shape index (κ2) is 5.55. The van der Waals surface area contributed by atoms with Gasteiger partial charge in [-0.3, -0.25) is 5.84 Å². The Labute approximate surface area is 108 Å². The molecule has 98 valence electrons. The number of fused-ring (bicyclic) bond motifs is 1. The number of hydrazine groups is 1. The van der Waals surface area contributed by atoms with Gasteiger partial charge in [-0.2, -0.15) is 0 Å². The highest BCUT2D eigenvalue weighted by atomic mass is 16.3. The molecule has 2 atom stereocenters. The van der Waals surface area contributed by atoms with Gasteiger partial charge in [0.2, 0.25) is 0 Å². The maximum atomic E-state index is 5.90. The zero-order valence-electron chi connectivity index (χ0n) is 11.4. The van der Waals surface area contributed by atoms with Crippen molar-refractivity contribution in [1.29, 1.82) is 0 Å². The lowest BCUT2D eigenvalue weighted by Crippen LogP contribution is -2.32. The van der Waals surface area contributed by atoms with E-state index in [4.69, 9.17) is 10.3 Å². The number of nitrogens with one attached hydrogen (secondary N) is 1. The standard InChI is InChI=1S/C15H22N2O/c1-4-5-11(3)15(17-16)14-9-12-8-10(2)6-7-13(12)18-14/h6-9,11,15,17H,4-5,16H2,1-3H3. The van der Waals surface area contributed by atoms with Crippen molar-refractivity contribution in [2.75, 3.05) is 0 Å². The van der Waals surface area contributed by atoms with Crippen LogP contribution in [0.2, 0.25) is 0 Å². The average Bonchev–Trinajstić information content (AvgIpc) is 2.72. The molecule has 2 aromatic rings. The van der Waals surface area contributed by atoms with Crippen molar-refractivity contribution in [3.05, 3.63) is 35.6 Å². The first-order valence-electron chi connectivity index (χ1n) is 6.62. The smallest absolute Gasteiger partial charge is 0.134 e. The fourth-order valence-electron chi connectivity index (χ4n) is 2.49. The van der Waals surface area contributed by atoms with E-state index in [0.717, 1.165) is 29.6 Å². The highest BCUT2D eigenvalue weighted by molar-refractivity contribution is 5.78. The SMILES string of the molecule is CCCC(C)C(NN)c1cc2cc(C)ccc2o1. The normalized spacial score (nSPS) is 14.9. The molecule has 0 bridgehead atoms. The van der Waals surface area contributed by atoms with Gasteiger partial charge in [-0.05, 0) is 37.5 Å². The molecule has 0 aliphatic heterocycles. The van der Waals surface area contributed by atoms with E-state index in [-0.39, 0.29) is 6.04 Å². The van der Waals surface area contributed by atoms with E-state index in [1.165, 1.54) is 5.56 Å². The Kier molecular flexibility index (Phi) is 4.04. The minimum Gasteiger partial charge on any atom is -0.459 e. The summed E-state index contributed by atoms with van der Waals surface area (Å²) >= 11 is 0. The highest BCUT2D eigenvalue weighted by Crippen LogP contribution is 2.30. The van der Waals surface area contributed by atoms with E-state index < -0.39 is 0 Å². The monoisotopic (exact) mass is 246 g/mol. The fraction of sp³-hybridized carbons (Fsp3) is 0.467. The van der Waals surface area contributed by atoms with Gasteiger partial charge in [-0.15, -0.1) is 0 Å². The zero-order chi connectivity index (χ0) is 13.1. The van der Waals surface area contributed by atoms with Crippen molar-refractivity contribution in [1.82, 2.24) is 5.43 Å². The molecule has 18 heavy (non-hydrogen) atoms. The zero-order valence-corrected chi connectivity index (χ0v) is 11.4. The van der Waals surface area contributed by atoms with Crippen LogP contribution in [0.1, 0.15) is 44.1 Å². The van der Waals surface area contributed by atoms with Crippen LogP contribution in [0, 0.1) is 12.8 Å². The summed E-state index contributed by atoms with van der Waals surface area (Å²) in [5, 5.41) is 1.15. The molecule has 3 N–H and O–H groups in total. The predicted molar refractivity (Wildman–Crippen MR) is 75.1 cm³/mol. The molecule has 3 heteroatoms. The van der Waals surface area contributed by atoms with Crippen molar-refractivity contribution in [3.8, 4) is 0 Å². The number of hydrogen-bond acceptors (Lipinski definition) is 3. The van der Waals surface area contributed by atoms with E-state index in [1.807, 2.05) is 6.07 Å². The quantitative estimate of drug-likeness (QED) is 0.625. The van der Waals surface area contributed by atoms with E-state index >= 15 is 0 Å². The minimum atomic E-state index is 0.0812. The third-order valence-corrected chi connectivity index (χ3v) is 3.49. The van der Waals surface area contributed by atoms with Gasteiger partial charge in [0.05, 0.1) is 6.04 Å². The molecule has 0 spiro atoms. The second-order valence-corrected chi connectivity index (χ2v) is 5.10. The Morgan fingerprint density at radius 3 is 2.78 bits per heavy atom. The third-order valence-electron chi connectivity index (χ3n) is 3.49. The van der Waals surface area contributed by atoms with Gasteiger partial charge in [-0.1, -0.05) is 31.9 Å². The van der Waals surface area contributed by atoms with Crippen LogP contribution in [0.3, 0.4) is 0 Å². The van der Waals surface area contributed by atoms with Crippen molar-refractivity contribution in [2.24, 2.45) is 11.8 Å². The summed E-state index contributed by atoms with van der Waals surface area (Å²) in [6.45, 7) is 6.48. The minimum absolute atomic E-state index is 0.0812. The number of aryl methyl sites for hydroxylation is 1. The Bertz CT molecular complexity index is 518. The molecule has 0 saturated carbocycles. The number of rotatable bonds is 5. The molecule has 0 fully saturated rings. The predicted octanol–water partition coefficient (Wildman–Crippen LogP) is 3.68. The molecule has 0 radical (unpaired) electrons. The van der Waals surface area contributed by atoms with Gasteiger partial charge in [0, 0.05) is 5.39 Å². The molecule has 1 aromatic heterocycles. The van der Waals surface area contributed by atoms with Crippen molar-refractivity contribution >= 4 is 11.0 Å². The van der Waals surface area contributed by atoms with Gasteiger partial charge in [0.15, 0.2) is 0 Å². The largest absolute Gasteiger partial charge is 0.459 e. The van der Waals surface area contributed by atoms with Gasteiger partial charge in [0.1, 0.15) is 11.3 Å². The lowest BCUT2D eigenvalue weighted by molar-refractivity contribution is 0.321. The van der Waals surface area contributed by atoms with Crippen LogP contribution in [-0.4, -0.2) is 0 Å². The summed E-state index contributed by atoms with van der Waals surface area (Å²) in [6, 6.07) is 8.40. The first-order chi connectivity index (χ1) is 8.65. The van der Waals surface area contributed by atoms with Gasteiger partial charge in [0.25, 0.3) is 0 Å². The van der Waals surface area contributed by atoms with E-state index in [0.29, 0.717) is 5.92 Å². The molecular formula is C15H22N2O. The number of nitrogens with two attached hydrogens (primary N) is 1. The molecular weight excluding hydrogens is 224 g/mol. The Morgan fingerprint density at radius 2 is 2.11 bits per heavy atom. The summed E-state index contributed by atoms with van der Waals surface area (Å²) in [5.74, 6) is 7.07. The lowest BCUT2D eigenvalue weighted by Gasteiger charge is -2.20. The van der Waals surface area contributed by atoms with Crippen molar-refractivity contribution < 1.29 is 4.42 Å². The van der Waals surface area contributed by atoms with Crippen LogP contribution in [0.5, 0.6) is 0 Å². The summed E-state index contributed by atoms with van der Waals surface area (Å²) in [6.07, 6.45) is 2.28. The maximum absolute atomic E-state index is 5.90. The van der Waals surface area contributed by atoms with Crippen LogP contribution >= 0.6 is 0 Å². The van der Waals surface area contributed by atoms with Gasteiger partial charge in [-0.25, -0.2) is 5.43 Å². The number of furan rings is 1. The summed E-state index contributed by atoms with van der Waals surface area (Å²) < 4.78 is 5.90. The summed E-state index contributed by atoms with van der Waals surface area (Å²) in [7, 11) is 0. The van der Waals surface area contributed by atoms with Crippen LogP contribution < -0.4 is 11.3 Å². The van der Waals surface area contributed by atoms with E-state index in [2.05, 4.69) is 44.4 Å². The number of benzene rings is 1. The fourth-order valence-corrected chi connectivity index (χ4v) is 2.49. The first kappa shape index (κ1) is 13.1. The van der Waals surface area contributed by atoms with Crippen LogP contribution in [0.4, 0.5) is 0 Å². The maximum Gasteiger partial charge on any atom is 0.134 e. The summed E-state index contributed by atoms with van der Waals surface area (Å²) in [4.78, 5) is 0. The van der Waals surface area contributed by atoms with Crippen molar-refractivity contribution in [2.45, 2.75) is 39.7 Å². The average molecular weight is 246 g/mol. The molecule has 0 saturated heterocycles. The van der Waals surface area contributed by atoms with E-state index in [9.17, 15) is 0 Å². The molecule has 2 unspecified atom stereocenters. The topological polar surface area (TPSA) is 51.2 Å². The Hall–Kier alpha value is -1.32. The van der Waals surface area contributed by atoms with Crippen LogP contribution in [-0.2, 0) is 0 Å². The molecule has 2 rings (SSSR count). The molecule has 1 heterocycles. The molecule has 1 aromatic carbocycles. The first-order valence-corrected chi connectivity index (χ1v) is 6.62. The van der Waals surface area contributed by atoms with Crippen LogP contribution in [0.25, 0.3) is 11.0 Å². The van der Waals surface area contributed by atoms with Gasteiger partial charge >= 0.3 is 0 Å². The molecule has 0 amide bonds. The van der Waals surface area contributed by atoms with Gasteiger partial charge < -0.3 is 4.42 Å². The van der Waals surface area contributed by atoms with E-state index in [1.54, 1.807) is 0 Å². The van der Waals surface area contributed by atoms with Crippen molar-refractivity contribution in [3.63, 3.8) is 0 Å². The van der Waals surface area contributed by atoms with Crippen LogP contribution in [0.15, 0.2) is 28.7 Å². The summed E-state index contributed by atoms with van der Waals surface area (Å²) in [5.41, 5.74) is 5.06. The second-order valence-electron chi connectivity index (χ2n) is 5.10. The lowest BCUT2D eigenvalue weighted by atomic mass is 9.95. The molecule has 3 nitrogen and oxygen atoms in total. The molecule has 0 aliphatic carbocycles. The Balaban J connectivity index is 2.33. The third kappa shape index (κ3) is 2.57. The Morgan fingerprint density at radius 1 is 1.33 bits per heavy atom. The molecule has 0 aliphatic rings.